The minimum absolute atomic E-state index is 0.0167. The molecule has 3 aromatic rings. The molecule has 0 saturated carbocycles. The predicted octanol–water partition coefficient (Wildman–Crippen LogP) is 3.83. The number of nitrogens with zero attached hydrogens (tertiary/aromatic N) is 3. The quantitative estimate of drug-likeness (QED) is 0.209. The fourth-order valence-corrected chi connectivity index (χ4v) is 5.81. The number of sulfone groups is 1. The molecule has 1 aliphatic rings. The van der Waals surface area contributed by atoms with Crippen molar-refractivity contribution in [3.8, 4) is 11.6 Å². The van der Waals surface area contributed by atoms with Crippen molar-refractivity contribution in [2.24, 2.45) is 0 Å². The van der Waals surface area contributed by atoms with Gasteiger partial charge in [-0.05, 0) is 35.9 Å². The Morgan fingerprint density at radius 2 is 1.78 bits per heavy atom. The number of hydrogen-bond donors (Lipinski definition) is 3. The summed E-state index contributed by atoms with van der Waals surface area (Å²) in [5, 5.41) is 7.82. The van der Waals surface area contributed by atoms with Crippen LogP contribution in [0.2, 0.25) is 0 Å². The number of alkyl halides is 5. The van der Waals surface area contributed by atoms with Crippen molar-refractivity contribution in [2.75, 3.05) is 37.4 Å². The zero-order valence-electron chi connectivity index (χ0n) is 26.1. The molecule has 3 N–H and O–H groups in total. The van der Waals surface area contributed by atoms with Crippen LogP contribution in [-0.4, -0.2) is 87.9 Å². The van der Waals surface area contributed by atoms with Gasteiger partial charge in [0.1, 0.15) is 17.7 Å². The Balaban J connectivity index is 1.47. The first-order valence-electron chi connectivity index (χ1n) is 14.8. The average molecular weight is 717 g/mol. The second-order valence-corrected chi connectivity index (χ2v) is 12.9. The summed E-state index contributed by atoms with van der Waals surface area (Å²) >= 11 is 0. The van der Waals surface area contributed by atoms with Gasteiger partial charge in [-0.3, -0.25) is 4.79 Å². The number of hydrogen-bond acceptors (Lipinski definition) is 10. The van der Waals surface area contributed by atoms with Crippen molar-refractivity contribution < 1.29 is 54.2 Å². The first-order chi connectivity index (χ1) is 23.2. The summed E-state index contributed by atoms with van der Waals surface area (Å²) in [6.07, 6.45) is -3.24. The summed E-state index contributed by atoms with van der Waals surface area (Å²) in [7, 11) is -2.04. The topological polar surface area (TPSA) is 161 Å². The zero-order valence-corrected chi connectivity index (χ0v) is 26.9. The number of pyridine rings is 2. The highest BCUT2D eigenvalue weighted by atomic mass is 32.2. The van der Waals surface area contributed by atoms with E-state index in [0.717, 1.165) is 12.3 Å². The van der Waals surface area contributed by atoms with Gasteiger partial charge in [-0.15, -0.1) is 13.2 Å². The highest BCUT2D eigenvalue weighted by Crippen LogP contribution is 2.29. The number of rotatable bonds is 14. The Morgan fingerprint density at radius 1 is 1.04 bits per heavy atom. The van der Waals surface area contributed by atoms with Crippen LogP contribution in [0.15, 0.2) is 65.8 Å². The molecule has 3 amide bonds. The number of ether oxygens (including phenoxy) is 3. The normalized spacial score (nSPS) is 17.0. The van der Waals surface area contributed by atoms with Gasteiger partial charge in [-0.2, -0.15) is 8.78 Å². The second-order valence-electron chi connectivity index (χ2n) is 10.6. The molecular formula is C30H33F5N6O7S. The van der Waals surface area contributed by atoms with E-state index in [4.69, 9.17) is 4.74 Å². The summed E-state index contributed by atoms with van der Waals surface area (Å²) in [5.74, 6) is -0.917. The van der Waals surface area contributed by atoms with Crippen molar-refractivity contribution in [1.29, 1.82) is 0 Å². The smallest absolute Gasteiger partial charge is 0.472 e. The molecule has 0 radical (unpaired) electrons. The van der Waals surface area contributed by atoms with Crippen molar-refractivity contribution >= 4 is 27.6 Å². The van der Waals surface area contributed by atoms with Crippen molar-refractivity contribution in [3.05, 3.63) is 72.1 Å². The molecule has 0 spiro atoms. The van der Waals surface area contributed by atoms with Crippen LogP contribution in [0, 0.1) is 0 Å². The average Bonchev–Trinajstić information content (AvgIpc) is 3.48. The van der Waals surface area contributed by atoms with E-state index in [1.54, 1.807) is 4.90 Å². The van der Waals surface area contributed by atoms with Gasteiger partial charge in [0.25, 0.3) is 5.91 Å². The Bertz CT molecular complexity index is 1660. The molecule has 1 aliphatic heterocycles. The van der Waals surface area contributed by atoms with Gasteiger partial charge < -0.3 is 35.1 Å². The molecule has 0 aliphatic carbocycles. The number of carbonyl (C=O) groups excluding carboxylic acids is 2. The van der Waals surface area contributed by atoms with Gasteiger partial charge in [0.2, 0.25) is 5.88 Å². The Labute approximate surface area is 278 Å². The van der Waals surface area contributed by atoms with Gasteiger partial charge >= 0.3 is 19.0 Å². The standard InChI is InChI=1S/C30H33F5N6O7S/c1-3-49(44,45)23-8-4-18(5-9-23)24(15-39-29(43)36-2)40-27(42)19-6-10-25(37-13-19)41-16-22(12-20(41)17-46-28(31)32)47-26-11-7-21(14-38-26)48-30(33,34)35/h4-11,13-14,20,22,24,28H,3,12,15-17H2,1-2H3,(H,40,42)(H2,36,39,43)/t20-,22?,24-/m0/s1. The van der Waals surface area contributed by atoms with E-state index in [0.29, 0.717) is 11.4 Å². The minimum atomic E-state index is -4.89. The number of nitrogens with one attached hydrogen (secondary N) is 3. The van der Waals surface area contributed by atoms with Crippen molar-refractivity contribution in [2.45, 2.75) is 49.4 Å². The minimum Gasteiger partial charge on any atom is -0.472 e. The van der Waals surface area contributed by atoms with E-state index in [1.165, 1.54) is 62.6 Å². The molecule has 1 unspecified atom stereocenters. The number of halogens is 5. The van der Waals surface area contributed by atoms with Gasteiger partial charge in [0.05, 0.1) is 47.6 Å². The molecule has 3 atom stereocenters. The van der Waals surface area contributed by atoms with Crippen molar-refractivity contribution in [1.82, 2.24) is 25.9 Å². The molecule has 4 rings (SSSR count). The van der Waals surface area contributed by atoms with Gasteiger partial charge in [0.15, 0.2) is 9.84 Å². The van der Waals surface area contributed by atoms with Crippen molar-refractivity contribution in [3.63, 3.8) is 0 Å². The molecule has 0 bridgehead atoms. The number of anilines is 1. The number of urea groups is 1. The number of carbonyl (C=O) groups is 2. The van der Waals surface area contributed by atoms with Gasteiger partial charge in [0, 0.05) is 32.3 Å². The van der Waals surface area contributed by atoms with E-state index in [2.05, 4.69) is 35.4 Å². The molecule has 49 heavy (non-hydrogen) atoms. The van der Waals surface area contributed by atoms with Crippen LogP contribution >= 0.6 is 0 Å². The number of benzene rings is 1. The van der Waals surface area contributed by atoms with E-state index in [9.17, 15) is 40.0 Å². The fourth-order valence-electron chi connectivity index (χ4n) is 4.92. The maximum Gasteiger partial charge on any atom is 0.573 e. The number of aromatic nitrogens is 2. The third-order valence-electron chi connectivity index (χ3n) is 7.35. The second kappa shape index (κ2) is 16.1. The molecular weight excluding hydrogens is 683 g/mol. The van der Waals surface area contributed by atoms with E-state index >= 15 is 0 Å². The lowest BCUT2D eigenvalue weighted by Crippen LogP contribution is -2.41. The van der Waals surface area contributed by atoms with E-state index in [-0.39, 0.29) is 41.6 Å². The summed E-state index contributed by atoms with van der Waals surface area (Å²) in [4.78, 5) is 35.0. The largest absolute Gasteiger partial charge is 0.573 e. The fraction of sp³-hybridized carbons (Fsp3) is 0.400. The summed E-state index contributed by atoms with van der Waals surface area (Å²) in [5.41, 5.74) is 0.642. The zero-order chi connectivity index (χ0) is 35.8. The first-order valence-corrected chi connectivity index (χ1v) is 16.4. The summed E-state index contributed by atoms with van der Waals surface area (Å²) < 4.78 is 102. The molecule has 1 fully saturated rings. The van der Waals surface area contributed by atoms with Crippen LogP contribution in [0.4, 0.5) is 32.6 Å². The molecule has 1 saturated heterocycles. The Morgan fingerprint density at radius 3 is 2.35 bits per heavy atom. The Hall–Kier alpha value is -4.78. The lowest BCUT2D eigenvalue weighted by molar-refractivity contribution is -0.274. The number of amides is 3. The molecule has 19 heteroatoms. The van der Waals surface area contributed by atoms with Gasteiger partial charge in [-0.1, -0.05) is 19.1 Å². The van der Waals surface area contributed by atoms with Gasteiger partial charge in [-0.25, -0.2) is 23.2 Å². The maximum absolute atomic E-state index is 13.3. The highest BCUT2D eigenvalue weighted by Gasteiger charge is 2.36. The van der Waals surface area contributed by atoms with Crippen LogP contribution in [0.25, 0.3) is 0 Å². The van der Waals surface area contributed by atoms with E-state index in [1.807, 2.05) is 0 Å². The first kappa shape index (κ1) is 37.0. The highest BCUT2D eigenvalue weighted by molar-refractivity contribution is 7.91. The SMILES string of the molecule is CCS(=O)(=O)c1ccc([C@H](CNC(=O)NC)NC(=O)c2ccc(N3CC(Oc4ccc(OC(F)(F)F)cn4)C[C@H]3COC(F)F)nc2)cc1. The lowest BCUT2D eigenvalue weighted by Gasteiger charge is -2.25. The maximum atomic E-state index is 13.3. The third-order valence-corrected chi connectivity index (χ3v) is 9.10. The molecule has 266 valence electrons. The summed E-state index contributed by atoms with van der Waals surface area (Å²) in [6.45, 7) is -1.83. The Kier molecular flexibility index (Phi) is 12.2. The third kappa shape index (κ3) is 10.6. The van der Waals surface area contributed by atoms with E-state index < -0.39 is 65.3 Å². The monoisotopic (exact) mass is 716 g/mol. The lowest BCUT2D eigenvalue weighted by atomic mass is 10.1. The van der Waals surface area contributed by atoms with Crippen LogP contribution in [0.1, 0.15) is 35.3 Å². The van der Waals surface area contributed by atoms with Crippen LogP contribution in [0.3, 0.4) is 0 Å². The van der Waals surface area contributed by atoms with Crippen LogP contribution in [-0.2, 0) is 14.6 Å². The van der Waals surface area contributed by atoms with Crippen LogP contribution < -0.4 is 30.3 Å². The summed E-state index contributed by atoms with van der Waals surface area (Å²) in [6, 6.07) is 9.15. The van der Waals surface area contributed by atoms with Crippen LogP contribution in [0.5, 0.6) is 11.6 Å². The molecule has 1 aromatic carbocycles. The molecule has 2 aromatic heterocycles. The molecule has 3 heterocycles. The predicted molar refractivity (Wildman–Crippen MR) is 164 cm³/mol. The molecule has 13 nitrogen and oxygen atoms in total.